The van der Waals surface area contributed by atoms with E-state index in [1.54, 1.807) is 26.0 Å². The van der Waals surface area contributed by atoms with Gasteiger partial charge in [0.1, 0.15) is 6.04 Å². The van der Waals surface area contributed by atoms with Gasteiger partial charge in [-0.15, -0.1) is 0 Å². The number of hydrogen-bond donors (Lipinski definition) is 3. The minimum absolute atomic E-state index is 0.172. The van der Waals surface area contributed by atoms with Gasteiger partial charge in [0.2, 0.25) is 0 Å². The van der Waals surface area contributed by atoms with Crippen LogP contribution in [0.25, 0.3) is 0 Å². The summed E-state index contributed by atoms with van der Waals surface area (Å²) in [7, 11) is 0. The Morgan fingerprint density at radius 2 is 1.85 bits per heavy atom. The molecule has 1 aromatic carbocycles. The van der Waals surface area contributed by atoms with Gasteiger partial charge in [-0.25, -0.2) is 9.59 Å². The Morgan fingerprint density at radius 1 is 1.25 bits per heavy atom. The lowest BCUT2D eigenvalue weighted by Gasteiger charge is -2.18. The third-order valence-corrected chi connectivity index (χ3v) is 3.08. The fraction of sp³-hybridized carbons (Fsp3) is 0.429. The van der Waals surface area contributed by atoms with Gasteiger partial charge < -0.3 is 15.7 Å². The van der Waals surface area contributed by atoms with Crippen LogP contribution in [0.5, 0.6) is 0 Å². The van der Waals surface area contributed by atoms with Gasteiger partial charge in [-0.2, -0.15) is 0 Å². The summed E-state index contributed by atoms with van der Waals surface area (Å²) in [6.45, 7) is 3.91. The van der Waals surface area contributed by atoms with Crippen LogP contribution in [0.3, 0.4) is 0 Å². The lowest BCUT2D eigenvalue weighted by Crippen LogP contribution is -2.48. The fourth-order valence-electron chi connectivity index (χ4n) is 1.68. The molecule has 3 N–H and O–H groups in total. The van der Waals surface area contributed by atoms with Crippen molar-refractivity contribution in [2.75, 3.05) is 6.54 Å². The standard InChI is InChI=1S/C14H19ClN2O3/c1-9(2)12(13(18)19)17-14(20)16-8-7-10-3-5-11(15)6-4-10/h3-6,9,12H,7-8H2,1-2H3,(H,18,19)(H2,16,17,20)/t12-/m1/s1. The third-order valence-electron chi connectivity index (χ3n) is 2.83. The van der Waals surface area contributed by atoms with Crippen LogP contribution in [0.15, 0.2) is 24.3 Å². The number of hydrogen-bond acceptors (Lipinski definition) is 2. The van der Waals surface area contributed by atoms with Crippen molar-refractivity contribution in [1.82, 2.24) is 10.6 Å². The van der Waals surface area contributed by atoms with Crippen molar-refractivity contribution in [3.8, 4) is 0 Å². The van der Waals surface area contributed by atoms with Crippen molar-refractivity contribution in [1.29, 1.82) is 0 Å². The average Bonchev–Trinajstić information content (AvgIpc) is 2.37. The highest BCUT2D eigenvalue weighted by Crippen LogP contribution is 2.09. The van der Waals surface area contributed by atoms with Crippen LogP contribution in [0, 0.1) is 5.92 Å². The molecule has 0 bridgehead atoms. The second-order valence-electron chi connectivity index (χ2n) is 4.84. The summed E-state index contributed by atoms with van der Waals surface area (Å²) in [6.07, 6.45) is 0.657. The van der Waals surface area contributed by atoms with E-state index in [2.05, 4.69) is 10.6 Å². The minimum atomic E-state index is -1.03. The number of rotatable bonds is 6. The second kappa shape index (κ2) is 7.75. The Balaban J connectivity index is 2.36. The summed E-state index contributed by atoms with van der Waals surface area (Å²) < 4.78 is 0. The molecule has 0 aliphatic rings. The predicted molar refractivity (Wildman–Crippen MR) is 78.0 cm³/mol. The quantitative estimate of drug-likeness (QED) is 0.754. The average molecular weight is 299 g/mol. The largest absolute Gasteiger partial charge is 0.480 e. The molecule has 6 heteroatoms. The molecule has 0 heterocycles. The van der Waals surface area contributed by atoms with Gasteiger partial charge in [-0.1, -0.05) is 37.6 Å². The SMILES string of the molecule is CC(C)[C@@H](NC(=O)NCCc1ccc(Cl)cc1)C(=O)O. The van der Waals surface area contributed by atoms with Crippen molar-refractivity contribution >= 4 is 23.6 Å². The van der Waals surface area contributed by atoms with E-state index >= 15 is 0 Å². The molecule has 2 amide bonds. The Kier molecular flexibility index (Phi) is 6.31. The molecule has 110 valence electrons. The molecule has 20 heavy (non-hydrogen) atoms. The smallest absolute Gasteiger partial charge is 0.326 e. The first-order valence-electron chi connectivity index (χ1n) is 6.41. The summed E-state index contributed by atoms with van der Waals surface area (Å²) in [5.74, 6) is -1.21. The van der Waals surface area contributed by atoms with Crippen LogP contribution in [-0.4, -0.2) is 29.7 Å². The van der Waals surface area contributed by atoms with E-state index in [1.807, 2.05) is 12.1 Å². The van der Waals surface area contributed by atoms with Crippen LogP contribution in [-0.2, 0) is 11.2 Å². The molecule has 0 aliphatic carbocycles. The van der Waals surface area contributed by atoms with E-state index in [9.17, 15) is 9.59 Å². The molecule has 0 aromatic heterocycles. The van der Waals surface area contributed by atoms with Gasteiger partial charge in [-0.05, 0) is 30.0 Å². The highest BCUT2D eigenvalue weighted by atomic mass is 35.5. The molecule has 0 fully saturated rings. The molecule has 1 atom stereocenters. The van der Waals surface area contributed by atoms with E-state index in [1.165, 1.54) is 0 Å². The zero-order chi connectivity index (χ0) is 15.1. The number of aliphatic carboxylic acids is 1. The van der Waals surface area contributed by atoms with E-state index in [4.69, 9.17) is 16.7 Å². The van der Waals surface area contributed by atoms with Crippen LogP contribution < -0.4 is 10.6 Å². The van der Waals surface area contributed by atoms with Gasteiger partial charge in [-0.3, -0.25) is 0 Å². The summed E-state index contributed by atoms with van der Waals surface area (Å²) in [6, 6.07) is 5.99. The Morgan fingerprint density at radius 3 is 2.35 bits per heavy atom. The summed E-state index contributed by atoms with van der Waals surface area (Å²) in [4.78, 5) is 22.5. The zero-order valence-corrected chi connectivity index (χ0v) is 12.3. The molecular formula is C14H19ClN2O3. The monoisotopic (exact) mass is 298 g/mol. The molecule has 0 saturated carbocycles. The Labute approximate surface area is 123 Å². The maximum absolute atomic E-state index is 11.6. The van der Waals surface area contributed by atoms with Crippen molar-refractivity contribution < 1.29 is 14.7 Å². The molecule has 0 aliphatic heterocycles. The summed E-state index contributed by atoms with van der Waals surface area (Å²) in [5, 5.41) is 14.7. The highest BCUT2D eigenvalue weighted by molar-refractivity contribution is 6.30. The van der Waals surface area contributed by atoms with E-state index in [0.717, 1.165) is 5.56 Å². The summed E-state index contributed by atoms with van der Waals surface area (Å²) >= 11 is 5.78. The zero-order valence-electron chi connectivity index (χ0n) is 11.5. The third kappa shape index (κ3) is 5.48. The number of benzene rings is 1. The summed E-state index contributed by atoms with van der Waals surface area (Å²) in [5.41, 5.74) is 1.05. The molecule has 1 rings (SSSR count). The van der Waals surface area contributed by atoms with Gasteiger partial charge in [0.15, 0.2) is 0 Å². The van der Waals surface area contributed by atoms with E-state index < -0.39 is 18.0 Å². The maximum Gasteiger partial charge on any atom is 0.326 e. The molecular weight excluding hydrogens is 280 g/mol. The second-order valence-corrected chi connectivity index (χ2v) is 5.27. The van der Waals surface area contributed by atoms with Crippen LogP contribution >= 0.6 is 11.6 Å². The van der Waals surface area contributed by atoms with Crippen molar-refractivity contribution in [2.24, 2.45) is 5.92 Å². The van der Waals surface area contributed by atoms with Gasteiger partial charge in [0.05, 0.1) is 0 Å². The van der Waals surface area contributed by atoms with Crippen molar-refractivity contribution in [2.45, 2.75) is 26.3 Å². The first-order valence-corrected chi connectivity index (χ1v) is 6.79. The van der Waals surface area contributed by atoms with Crippen LogP contribution in [0.2, 0.25) is 5.02 Å². The first-order chi connectivity index (χ1) is 9.40. The van der Waals surface area contributed by atoms with Crippen LogP contribution in [0.4, 0.5) is 4.79 Å². The molecule has 0 spiro atoms. The fourth-order valence-corrected chi connectivity index (χ4v) is 1.80. The number of carbonyl (C=O) groups excluding carboxylic acids is 1. The van der Waals surface area contributed by atoms with Gasteiger partial charge >= 0.3 is 12.0 Å². The first kappa shape index (κ1) is 16.3. The maximum atomic E-state index is 11.6. The Hall–Kier alpha value is -1.75. The van der Waals surface area contributed by atoms with Crippen molar-refractivity contribution in [3.63, 3.8) is 0 Å². The Bertz CT molecular complexity index is 460. The minimum Gasteiger partial charge on any atom is -0.480 e. The lowest BCUT2D eigenvalue weighted by atomic mass is 10.1. The molecule has 1 aromatic rings. The van der Waals surface area contributed by atoms with Gasteiger partial charge in [0.25, 0.3) is 0 Å². The number of carboxylic acid groups (broad SMARTS) is 1. The number of nitrogens with one attached hydrogen (secondary N) is 2. The molecule has 0 unspecified atom stereocenters. The number of halogens is 1. The normalized spacial score (nSPS) is 12.0. The lowest BCUT2D eigenvalue weighted by molar-refractivity contribution is -0.140. The molecule has 0 radical (unpaired) electrons. The predicted octanol–water partition coefficient (Wildman–Crippen LogP) is 2.29. The number of amides is 2. The van der Waals surface area contributed by atoms with Crippen molar-refractivity contribution in [3.05, 3.63) is 34.9 Å². The number of carboxylic acids is 1. The van der Waals surface area contributed by atoms with Gasteiger partial charge in [0, 0.05) is 11.6 Å². The topological polar surface area (TPSA) is 78.4 Å². The van der Waals surface area contributed by atoms with E-state index in [-0.39, 0.29) is 5.92 Å². The highest BCUT2D eigenvalue weighted by Gasteiger charge is 2.22. The number of urea groups is 1. The van der Waals surface area contributed by atoms with Crippen LogP contribution in [0.1, 0.15) is 19.4 Å². The van der Waals surface area contributed by atoms with E-state index in [0.29, 0.717) is 18.0 Å². The molecule has 5 nitrogen and oxygen atoms in total. The molecule has 0 saturated heterocycles. The number of carbonyl (C=O) groups is 2.